The van der Waals surface area contributed by atoms with E-state index in [-0.39, 0.29) is 12.2 Å². The summed E-state index contributed by atoms with van der Waals surface area (Å²) >= 11 is 0. The first kappa shape index (κ1) is 14.3. The third-order valence-electron chi connectivity index (χ3n) is 2.64. The van der Waals surface area contributed by atoms with E-state index >= 15 is 0 Å². The number of likely N-dealkylation sites (N-methyl/N-ethyl adjacent to an activating group) is 1. The van der Waals surface area contributed by atoms with E-state index in [2.05, 4.69) is 4.74 Å². The van der Waals surface area contributed by atoms with Crippen LogP contribution in [0.2, 0.25) is 0 Å². The molecule has 0 spiro atoms. The molecular weight excluding hydrogens is 237 g/mol. The maximum atomic E-state index is 12.8. The third-order valence-corrected chi connectivity index (χ3v) is 2.64. The van der Waals surface area contributed by atoms with E-state index in [0.717, 1.165) is 0 Å². The highest BCUT2D eigenvalue weighted by atomic mass is 19.1. The number of rotatable bonds is 5. The molecule has 1 aromatic carbocycles. The van der Waals surface area contributed by atoms with Crippen LogP contribution in [-0.4, -0.2) is 43.9 Å². The van der Waals surface area contributed by atoms with E-state index in [4.69, 9.17) is 0 Å². The first-order valence-electron chi connectivity index (χ1n) is 5.48. The number of Topliss-reactive ketones (excluding diaryl/α,β-unsaturated/α-hetero) is 1. The minimum atomic E-state index is -0.608. The van der Waals surface area contributed by atoms with Crippen molar-refractivity contribution >= 4 is 11.8 Å². The van der Waals surface area contributed by atoms with Gasteiger partial charge < -0.3 is 4.74 Å². The Labute approximate surface area is 105 Å². The van der Waals surface area contributed by atoms with Gasteiger partial charge in [-0.3, -0.25) is 14.5 Å². The zero-order valence-electron chi connectivity index (χ0n) is 10.6. The number of esters is 1. The lowest BCUT2D eigenvalue weighted by atomic mass is 10.0. The lowest BCUT2D eigenvalue weighted by Crippen LogP contribution is -2.38. The number of carbonyl (C=O) groups excluding carboxylic acids is 2. The molecule has 0 aliphatic rings. The predicted molar refractivity (Wildman–Crippen MR) is 64.8 cm³/mol. The Bertz CT molecular complexity index is 428. The number of ether oxygens (including phenoxy) is 1. The van der Waals surface area contributed by atoms with Crippen LogP contribution in [0.5, 0.6) is 0 Å². The highest BCUT2D eigenvalue weighted by Gasteiger charge is 2.25. The molecule has 1 atom stereocenters. The topological polar surface area (TPSA) is 46.6 Å². The molecule has 0 N–H and O–H groups in total. The van der Waals surface area contributed by atoms with E-state index in [1.54, 1.807) is 19.0 Å². The van der Waals surface area contributed by atoms with E-state index < -0.39 is 17.8 Å². The van der Waals surface area contributed by atoms with Crippen molar-refractivity contribution in [2.45, 2.75) is 12.5 Å². The molecule has 0 aromatic heterocycles. The molecule has 4 nitrogen and oxygen atoms in total. The summed E-state index contributed by atoms with van der Waals surface area (Å²) in [5.74, 6) is -1.09. The van der Waals surface area contributed by atoms with Gasteiger partial charge in [-0.2, -0.15) is 0 Å². The van der Waals surface area contributed by atoms with Crippen molar-refractivity contribution in [3.8, 4) is 0 Å². The van der Waals surface area contributed by atoms with Crippen molar-refractivity contribution in [2.24, 2.45) is 0 Å². The molecule has 5 heteroatoms. The fraction of sp³-hybridized carbons (Fsp3) is 0.385. The molecule has 1 rings (SSSR count). The lowest BCUT2D eigenvalue weighted by Gasteiger charge is -2.21. The third kappa shape index (κ3) is 3.63. The lowest BCUT2D eigenvalue weighted by molar-refractivity contribution is -0.141. The van der Waals surface area contributed by atoms with E-state index in [0.29, 0.717) is 5.56 Å². The molecule has 18 heavy (non-hydrogen) atoms. The number of halogens is 1. The second kappa shape index (κ2) is 6.26. The summed E-state index contributed by atoms with van der Waals surface area (Å²) in [4.78, 5) is 25.1. The normalized spacial score (nSPS) is 12.3. The average molecular weight is 253 g/mol. The van der Waals surface area contributed by atoms with Gasteiger partial charge in [-0.15, -0.1) is 0 Å². The van der Waals surface area contributed by atoms with Crippen LogP contribution >= 0.6 is 0 Å². The van der Waals surface area contributed by atoms with Crippen LogP contribution in [-0.2, 0) is 9.53 Å². The highest BCUT2D eigenvalue weighted by Crippen LogP contribution is 2.12. The molecule has 1 unspecified atom stereocenters. The van der Waals surface area contributed by atoms with Crippen molar-refractivity contribution in [1.29, 1.82) is 0 Å². The first-order chi connectivity index (χ1) is 8.45. The Morgan fingerprint density at radius 3 is 2.28 bits per heavy atom. The fourth-order valence-electron chi connectivity index (χ4n) is 1.56. The molecule has 0 saturated carbocycles. The summed E-state index contributed by atoms with van der Waals surface area (Å²) in [6.45, 7) is 0. The molecule has 0 fully saturated rings. The van der Waals surface area contributed by atoms with Crippen molar-refractivity contribution in [2.75, 3.05) is 21.2 Å². The molecule has 0 aliphatic carbocycles. The van der Waals surface area contributed by atoms with Crippen molar-refractivity contribution in [1.82, 2.24) is 4.90 Å². The van der Waals surface area contributed by atoms with Crippen LogP contribution in [0.4, 0.5) is 4.39 Å². The second-order valence-electron chi connectivity index (χ2n) is 4.13. The van der Waals surface area contributed by atoms with Gasteiger partial charge in [-0.25, -0.2) is 4.39 Å². The van der Waals surface area contributed by atoms with Crippen LogP contribution in [0.3, 0.4) is 0 Å². The molecule has 0 heterocycles. The second-order valence-corrected chi connectivity index (χ2v) is 4.13. The van der Waals surface area contributed by atoms with Gasteiger partial charge in [-0.05, 0) is 38.4 Å². The van der Waals surface area contributed by atoms with Crippen LogP contribution in [0, 0.1) is 5.82 Å². The number of hydrogen-bond acceptors (Lipinski definition) is 4. The summed E-state index contributed by atoms with van der Waals surface area (Å²) in [7, 11) is 4.68. The molecule has 0 aliphatic heterocycles. The summed E-state index contributed by atoms with van der Waals surface area (Å²) in [6.07, 6.45) is -0.0281. The molecule has 98 valence electrons. The average Bonchev–Trinajstić information content (AvgIpc) is 2.35. The molecular formula is C13H16FNO3. The van der Waals surface area contributed by atoms with E-state index in [1.165, 1.54) is 31.4 Å². The minimum Gasteiger partial charge on any atom is -0.469 e. The van der Waals surface area contributed by atoms with Gasteiger partial charge >= 0.3 is 5.97 Å². The van der Waals surface area contributed by atoms with Gasteiger partial charge in [0.25, 0.3) is 0 Å². The Hall–Kier alpha value is -1.75. The zero-order valence-corrected chi connectivity index (χ0v) is 10.6. The maximum absolute atomic E-state index is 12.8. The van der Waals surface area contributed by atoms with Gasteiger partial charge in [-0.1, -0.05) is 0 Å². The van der Waals surface area contributed by atoms with Crippen LogP contribution in [0.15, 0.2) is 24.3 Å². The fourth-order valence-corrected chi connectivity index (χ4v) is 1.56. The van der Waals surface area contributed by atoms with Crippen LogP contribution in [0.25, 0.3) is 0 Å². The minimum absolute atomic E-state index is 0.0281. The van der Waals surface area contributed by atoms with Crippen molar-refractivity contribution in [3.63, 3.8) is 0 Å². The summed E-state index contributed by atoms with van der Waals surface area (Å²) in [5, 5.41) is 0. The summed E-state index contributed by atoms with van der Waals surface area (Å²) in [5.41, 5.74) is 0.374. The molecule has 0 bridgehead atoms. The quantitative estimate of drug-likeness (QED) is 0.589. The Balaban J connectivity index is 2.89. The summed E-state index contributed by atoms with van der Waals surface area (Å²) < 4.78 is 17.3. The number of hydrogen-bond donors (Lipinski definition) is 0. The molecule has 1 aromatic rings. The largest absolute Gasteiger partial charge is 0.469 e. The van der Waals surface area contributed by atoms with Gasteiger partial charge in [0, 0.05) is 5.56 Å². The van der Waals surface area contributed by atoms with E-state index in [1.807, 2.05) is 0 Å². The number of ketones is 1. The standard InChI is InChI=1S/C13H16FNO3/c1-15(2)11(8-12(16)18-3)13(17)9-4-6-10(14)7-5-9/h4-7,11H,8H2,1-3H3. The molecule has 0 radical (unpaired) electrons. The Morgan fingerprint density at radius 1 is 1.28 bits per heavy atom. The monoisotopic (exact) mass is 253 g/mol. The van der Waals surface area contributed by atoms with Gasteiger partial charge in [0.05, 0.1) is 19.6 Å². The first-order valence-corrected chi connectivity index (χ1v) is 5.48. The van der Waals surface area contributed by atoms with Crippen molar-refractivity contribution in [3.05, 3.63) is 35.6 Å². The Kier molecular flexibility index (Phi) is 4.97. The maximum Gasteiger partial charge on any atom is 0.307 e. The van der Waals surface area contributed by atoms with Crippen LogP contribution in [0.1, 0.15) is 16.8 Å². The Morgan fingerprint density at radius 2 is 1.83 bits per heavy atom. The molecule has 0 saturated heterocycles. The van der Waals surface area contributed by atoms with Gasteiger partial charge in [0.2, 0.25) is 0 Å². The number of methoxy groups -OCH3 is 1. The van der Waals surface area contributed by atoms with Crippen molar-refractivity contribution < 1.29 is 18.7 Å². The SMILES string of the molecule is COC(=O)CC(C(=O)c1ccc(F)cc1)N(C)C. The van der Waals surface area contributed by atoms with Crippen LogP contribution < -0.4 is 0 Å². The number of nitrogens with zero attached hydrogens (tertiary/aromatic N) is 1. The van der Waals surface area contributed by atoms with Gasteiger partial charge in [0.1, 0.15) is 5.82 Å². The molecule has 0 amide bonds. The predicted octanol–water partition coefficient (Wildman–Crippen LogP) is 1.50. The van der Waals surface area contributed by atoms with Gasteiger partial charge in [0.15, 0.2) is 5.78 Å². The zero-order chi connectivity index (χ0) is 13.7. The number of carbonyl (C=O) groups is 2. The highest BCUT2D eigenvalue weighted by molar-refractivity contribution is 6.01. The summed E-state index contributed by atoms with van der Waals surface area (Å²) in [6, 6.07) is 4.65. The van der Waals surface area contributed by atoms with E-state index in [9.17, 15) is 14.0 Å². The smallest absolute Gasteiger partial charge is 0.307 e. The number of benzene rings is 1.